The number of amides is 2. The zero-order chi connectivity index (χ0) is 24.7. The van der Waals surface area contributed by atoms with Crippen molar-refractivity contribution in [2.24, 2.45) is 11.8 Å². The fraction of sp³-hybridized carbons (Fsp3) is 0.500. The second kappa shape index (κ2) is 9.10. The van der Waals surface area contributed by atoms with Gasteiger partial charge in [-0.05, 0) is 38.2 Å². The minimum Gasteiger partial charge on any atom is -0.494 e. The van der Waals surface area contributed by atoms with Gasteiger partial charge in [-0.2, -0.15) is 0 Å². The average Bonchev–Trinajstić information content (AvgIpc) is 3.43. The summed E-state index contributed by atoms with van der Waals surface area (Å²) < 4.78 is 13.4. The SMILES string of the molecule is CCOc1ccccc1CN1C(=O)c2cc3occc3n2C[C@]1(C)C(=O)N[C@@H]1CCC[C@H](C)[C@@H]1C. The van der Waals surface area contributed by atoms with Gasteiger partial charge in [-0.25, -0.2) is 0 Å². The summed E-state index contributed by atoms with van der Waals surface area (Å²) in [4.78, 5) is 29.7. The van der Waals surface area contributed by atoms with Gasteiger partial charge in [0.25, 0.3) is 5.91 Å². The fourth-order valence-corrected chi connectivity index (χ4v) is 5.73. The first kappa shape index (κ1) is 23.5. The molecule has 1 N–H and O–H groups in total. The monoisotopic (exact) mass is 477 g/mol. The Morgan fingerprint density at radius 1 is 1.23 bits per heavy atom. The molecule has 35 heavy (non-hydrogen) atoms. The minimum absolute atomic E-state index is 0.107. The molecular formula is C28H35N3O4. The molecule has 0 unspecified atom stereocenters. The highest BCUT2D eigenvalue weighted by atomic mass is 16.5. The van der Waals surface area contributed by atoms with Gasteiger partial charge in [0.2, 0.25) is 5.91 Å². The van der Waals surface area contributed by atoms with Crippen LogP contribution in [0.3, 0.4) is 0 Å². The summed E-state index contributed by atoms with van der Waals surface area (Å²) in [5.41, 5.74) is 1.83. The summed E-state index contributed by atoms with van der Waals surface area (Å²) in [5, 5.41) is 3.35. The highest BCUT2D eigenvalue weighted by molar-refractivity contribution is 6.03. The van der Waals surface area contributed by atoms with Gasteiger partial charge in [0.15, 0.2) is 5.58 Å². The van der Waals surface area contributed by atoms with Crippen LogP contribution >= 0.6 is 0 Å². The van der Waals surface area contributed by atoms with E-state index in [-0.39, 0.29) is 24.4 Å². The van der Waals surface area contributed by atoms with E-state index < -0.39 is 5.54 Å². The number of rotatable bonds is 6. The van der Waals surface area contributed by atoms with E-state index >= 15 is 0 Å². The van der Waals surface area contributed by atoms with Crippen LogP contribution in [0, 0.1) is 11.8 Å². The van der Waals surface area contributed by atoms with Crippen LogP contribution in [0.2, 0.25) is 0 Å². The molecule has 3 heterocycles. The lowest BCUT2D eigenvalue weighted by Gasteiger charge is -2.45. The Labute approximate surface area is 206 Å². The summed E-state index contributed by atoms with van der Waals surface area (Å²) in [7, 11) is 0. The van der Waals surface area contributed by atoms with Crippen LogP contribution < -0.4 is 10.1 Å². The molecule has 2 aromatic heterocycles. The van der Waals surface area contributed by atoms with Gasteiger partial charge in [-0.1, -0.05) is 44.9 Å². The highest BCUT2D eigenvalue weighted by Gasteiger charge is 2.49. The molecule has 1 aliphatic heterocycles. The molecule has 3 aromatic rings. The molecule has 7 heteroatoms. The maximum atomic E-state index is 14.0. The van der Waals surface area contributed by atoms with Gasteiger partial charge in [-0.15, -0.1) is 0 Å². The predicted octanol–water partition coefficient (Wildman–Crippen LogP) is 4.99. The van der Waals surface area contributed by atoms with Crippen LogP contribution in [0.25, 0.3) is 11.1 Å². The molecule has 1 saturated carbocycles. The molecule has 0 spiro atoms. The number of para-hydroxylation sites is 1. The van der Waals surface area contributed by atoms with Crippen molar-refractivity contribution in [3.05, 3.63) is 53.9 Å². The van der Waals surface area contributed by atoms with E-state index in [2.05, 4.69) is 19.2 Å². The molecule has 4 atom stereocenters. The molecule has 5 rings (SSSR count). The van der Waals surface area contributed by atoms with Crippen LogP contribution in [-0.4, -0.2) is 39.5 Å². The van der Waals surface area contributed by atoms with Crippen molar-refractivity contribution in [3.8, 4) is 5.75 Å². The first-order valence-electron chi connectivity index (χ1n) is 12.7. The molecule has 2 amide bonds. The van der Waals surface area contributed by atoms with E-state index in [1.54, 1.807) is 17.2 Å². The number of ether oxygens (including phenoxy) is 1. The van der Waals surface area contributed by atoms with E-state index in [0.717, 1.165) is 29.7 Å². The fourth-order valence-electron chi connectivity index (χ4n) is 5.73. The third-order valence-electron chi connectivity index (χ3n) is 8.16. The van der Waals surface area contributed by atoms with Crippen molar-refractivity contribution in [1.29, 1.82) is 0 Å². The smallest absolute Gasteiger partial charge is 0.271 e. The van der Waals surface area contributed by atoms with E-state index in [1.165, 1.54) is 6.42 Å². The van der Waals surface area contributed by atoms with Crippen LogP contribution in [-0.2, 0) is 17.9 Å². The number of aromatic nitrogens is 1. The number of furan rings is 1. The molecular weight excluding hydrogens is 442 g/mol. The van der Waals surface area contributed by atoms with Crippen LogP contribution in [0.1, 0.15) is 63.0 Å². The minimum atomic E-state index is -1.08. The van der Waals surface area contributed by atoms with Crippen LogP contribution in [0.4, 0.5) is 0 Å². The van der Waals surface area contributed by atoms with Crippen molar-refractivity contribution >= 4 is 22.9 Å². The topological polar surface area (TPSA) is 76.7 Å². The zero-order valence-electron chi connectivity index (χ0n) is 21.0. The molecule has 1 aromatic carbocycles. The Kier molecular flexibility index (Phi) is 6.11. The third kappa shape index (κ3) is 4.01. The number of carbonyl (C=O) groups excluding carboxylic acids is 2. The second-order valence-electron chi connectivity index (χ2n) is 10.3. The van der Waals surface area contributed by atoms with E-state index in [0.29, 0.717) is 36.3 Å². The van der Waals surface area contributed by atoms with Crippen molar-refractivity contribution in [2.45, 2.75) is 71.6 Å². The van der Waals surface area contributed by atoms with Crippen molar-refractivity contribution < 1.29 is 18.7 Å². The Hall–Kier alpha value is -3.22. The van der Waals surface area contributed by atoms with Crippen molar-refractivity contribution in [2.75, 3.05) is 6.61 Å². The largest absolute Gasteiger partial charge is 0.494 e. The van der Waals surface area contributed by atoms with Gasteiger partial charge >= 0.3 is 0 Å². The molecule has 0 bridgehead atoms. The lowest BCUT2D eigenvalue weighted by Crippen LogP contribution is -2.65. The Morgan fingerprint density at radius 2 is 2.03 bits per heavy atom. The first-order chi connectivity index (χ1) is 16.8. The number of carbonyl (C=O) groups is 2. The molecule has 7 nitrogen and oxygen atoms in total. The molecule has 2 aliphatic rings. The summed E-state index contributed by atoms with van der Waals surface area (Å²) in [5.74, 6) is 1.39. The van der Waals surface area contributed by atoms with Gasteiger partial charge in [-0.3, -0.25) is 9.59 Å². The van der Waals surface area contributed by atoms with Gasteiger partial charge in [0.1, 0.15) is 17.0 Å². The average molecular weight is 478 g/mol. The van der Waals surface area contributed by atoms with Gasteiger partial charge in [0.05, 0.1) is 31.5 Å². The summed E-state index contributed by atoms with van der Waals surface area (Å²) in [6.07, 6.45) is 4.88. The standard InChI is InChI=1S/C28H35N3O4/c1-5-34-24-12-7-6-10-20(24)16-31-26(32)23-15-25-22(13-14-35-25)30(23)17-28(31,4)27(33)29-21-11-8-9-18(2)19(21)3/h6-7,10,12-15,18-19,21H,5,8-9,11,16-17H2,1-4H3,(H,29,33)/t18-,19-,21+,28+/m0/s1. The number of hydrogen-bond donors (Lipinski definition) is 1. The predicted molar refractivity (Wildman–Crippen MR) is 134 cm³/mol. The lowest BCUT2D eigenvalue weighted by molar-refractivity contribution is -0.134. The molecule has 0 saturated heterocycles. The van der Waals surface area contributed by atoms with E-state index in [9.17, 15) is 9.59 Å². The van der Waals surface area contributed by atoms with E-state index in [4.69, 9.17) is 9.15 Å². The number of benzene rings is 1. The second-order valence-corrected chi connectivity index (χ2v) is 10.3. The van der Waals surface area contributed by atoms with Crippen molar-refractivity contribution in [1.82, 2.24) is 14.8 Å². The zero-order valence-corrected chi connectivity index (χ0v) is 21.0. The highest BCUT2D eigenvalue weighted by Crippen LogP contribution is 2.36. The normalized spacial score (nSPS) is 26.6. The molecule has 0 radical (unpaired) electrons. The quantitative estimate of drug-likeness (QED) is 0.543. The summed E-state index contributed by atoms with van der Waals surface area (Å²) in [6.45, 7) is 9.47. The number of nitrogens with zero attached hydrogens (tertiary/aromatic N) is 2. The lowest BCUT2D eigenvalue weighted by atomic mass is 9.77. The van der Waals surface area contributed by atoms with Gasteiger partial charge < -0.3 is 23.9 Å². The molecule has 1 fully saturated rings. The Morgan fingerprint density at radius 3 is 2.83 bits per heavy atom. The number of hydrogen-bond acceptors (Lipinski definition) is 4. The Bertz CT molecular complexity index is 1240. The van der Waals surface area contributed by atoms with Crippen LogP contribution in [0.5, 0.6) is 5.75 Å². The number of fused-ring (bicyclic) bond motifs is 3. The maximum absolute atomic E-state index is 14.0. The van der Waals surface area contributed by atoms with Crippen LogP contribution in [0.15, 0.2) is 47.1 Å². The molecule has 186 valence electrons. The van der Waals surface area contributed by atoms with Gasteiger partial charge in [0, 0.05) is 23.7 Å². The van der Waals surface area contributed by atoms with Crippen molar-refractivity contribution in [3.63, 3.8) is 0 Å². The Balaban J connectivity index is 1.53. The summed E-state index contributed by atoms with van der Waals surface area (Å²) in [6, 6.07) is 11.5. The maximum Gasteiger partial charge on any atom is 0.271 e. The number of nitrogens with one attached hydrogen (secondary N) is 1. The van der Waals surface area contributed by atoms with E-state index in [1.807, 2.05) is 48.7 Å². The summed E-state index contributed by atoms with van der Waals surface area (Å²) >= 11 is 0. The molecule has 1 aliphatic carbocycles. The third-order valence-corrected chi connectivity index (χ3v) is 8.16. The first-order valence-corrected chi connectivity index (χ1v) is 12.7.